The number of carboxylic acids is 1. The van der Waals surface area contributed by atoms with Crippen molar-refractivity contribution in [3.8, 4) is 0 Å². The van der Waals surface area contributed by atoms with E-state index >= 15 is 0 Å². The molecule has 1 unspecified atom stereocenters. The Morgan fingerprint density at radius 3 is 2.78 bits per heavy atom. The van der Waals surface area contributed by atoms with E-state index in [0.29, 0.717) is 6.04 Å². The van der Waals surface area contributed by atoms with E-state index in [9.17, 15) is 9.59 Å². The van der Waals surface area contributed by atoms with Crippen molar-refractivity contribution in [1.29, 1.82) is 0 Å². The molecule has 0 aliphatic carbocycles. The molecule has 0 aromatic carbocycles. The topological polar surface area (TPSA) is 70.1 Å². The maximum atomic E-state index is 11.8. The summed E-state index contributed by atoms with van der Waals surface area (Å²) in [6.45, 7) is 3.02. The summed E-state index contributed by atoms with van der Waals surface area (Å²) in [5, 5.41) is 8.43. The first-order chi connectivity index (χ1) is 8.66. The van der Waals surface area contributed by atoms with Gasteiger partial charge in [-0.3, -0.25) is 9.69 Å². The third-order valence-electron chi connectivity index (χ3n) is 3.64. The number of aliphatic carboxylic acids is 1. The molecule has 2 rings (SSSR count). The number of hydrogen-bond acceptors (Lipinski definition) is 4. The molecule has 2 saturated heterocycles. The molecule has 2 heterocycles. The van der Waals surface area contributed by atoms with Gasteiger partial charge in [0.05, 0.1) is 0 Å². The minimum absolute atomic E-state index is 0.0959. The van der Waals surface area contributed by atoms with E-state index in [4.69, 9.17) is 9.84 Å². The Kier molecular flexibility index (Phi) is 4.54. The van der Waals surface area contributed by atoms with Crippen LogP contribution in [0, 0.1) is 0 Å². The minimum Gasteiger partial charge on any atom is -0.480 e. The van der Waals surface area contributed by atoms with Crippen molar-refractivity contribution in [2.75, 3.05) is 39.4 Å². The average Bonchev–Trinajstić information content (AvgIpc) is 2.37. The van der Waals surface area contributed by atoms with E-state index in [1.165, 1.54) is 12.8 Å². The van der Waals surface area contributed by atoms with E-state index in [1.807, 2.05) is 0 Å². The molecular weight excluding hydrogens is 236 g/mol. The molecule has 0 spiro atoms. The molecule has 2 aliphatic heterocycles. The van der Waals surface area contributed by atoms with Gasteiger partial charge in [-0.1, -0.05) is 6.42 Å². The predicted molar refractivity (Wildman–Crippen MR) is 64.2 cm³/mol. The van der Waals surface area contributed by atoms with Gasteiger partial charge in [-0.25, -0.2) is 4.79 Å². The highest BCUT2D eigenvalue weighted by Crippen LogP contribution is 2.20. The van der Waals surface area contributed by atoms with Crippen LogP contribution in [-0.4, -0.2) is 72.2 Å². The van der Waals surface area contributed by atoms with Gasteiger partial charge < -0.3 is 14.7 Å². The van der Waals surface area contributed by atoms with Gasteiger partial charge in [0.25, 0.3) is 0 Å². The number of carboxylic acid groups (broad SMARTS) is 1. The normalized spacial score (nSPS) is 24.7. The van der Waals surface area contributed by atoms with Crippen LogP contribution in [0.3, 0.4) is 0 Å². The van der Waals surface area contributed by atoms with Gasteiger partial charge in [-0.2, -0.15) is 0 Å². The van der Waals surface area contributed by atoms with Gasteiger partial charge in [0.15, 0.2) is 0 Å². The van der Waals surface area contributed by atoms with E-state index in [1.54, 1.807) is 4.90 Å². The molecule has 1 N–H and O–H groups in total. The molecule has 0 bridgehead atoms. The van der Waals surface area contributed by atoms with Crippen molar-refractivity contribution in [2.24, 2.45) is 0 Å². The number of nitrogens with zero attached hydrogens (tertiary/aromatic N) is 2. The molecule has 0 saturated carbocycles. The Hall–Kier alpha value is -1.14. The summed E-state index contributed by atoms with van der Waals surface area (Å²) in [5.41, 5.74) is 0. The number of ether oxygens (including phenoxy) is 1. The molecule has 2 aliphatic rings. The zero-order valence-corrected chi connectivity index (χ0v) is 10.5. The van der Waals surface area contributed by atoms with Crippen molar-refractivity contribution in [1.82, 2.24) is 9.80 Å². The Labute approximate surface area is 106 Å². The number of piperidine rings is 1. The van der Waals surface area contributed by atoms with Crippen molar-refractivity contribution in [3.63, 3.8) is 0 Å². The van der Waals surface area contributed by atoms with Gasteiger partial charge in [0.1, 0.15) is 13.2 Å². The molecule has 102 valence electrons. The van der Waals surface area contributed by atoms with Crippen molar-refractivity contribution in [2.45, 2.75) is 25.3 Å². The maximum absolute atomic E-state index is 11.8. The summed E-state index contributed by atoms with van der Waals surface area (Å²) in [5.74, 6) is -1.14. The van der Waals surface area contributed by atoms with E-state index in [2.05, 4.69) is 4.90 Å². The van der Waals surface area contributed by atoms with Crippen LogP contribution in [-0.2, 0) is 14.3 Å². The lowest BCUT2D eigenvalue weighted by Gasteiger charge is -2.44. The summed E-state index contributed by atoms with van der Waals surface area (Å²) in [7, 11) is 0. The quantitative estimate of drug-likeness (QED) is 0.753. The van der Waals surface area contributed by atoms with Crippen molar-refractivity contribution in [3.05, 3.63) is 0 Å². The zero-order chi connectivity index (χ0) is 13.0. The first kappa shape index (κ1) is 13.3. The molecule has 2 fully saturated rings. The largest absolute Gasteiger partial charge is 0.480 e. The molecule has 6 heteroatoms. The first-order valence-electron chi connectivity index (χ1n) is 6.48. The fraction of sp³-hybridized carbons (Fsp3) is 0.833. The second-order valence-corrected chi connectivity index (χ2v) is 4.91. The lowest BCUT2D eigenvalue weighted by molar-refractivity contribution is -0.147. The van der Waals surface area contributed by atoms with Crippen LogP contribution in [0.25, 0.3) is 0 Å². The second kappa shape index (κ2) is 6.15. The number of rotatable bonds is 4. The van der Waals surface area contributed by atoms with E-state index in [-0.39, 0.29) is 12.5 Å². The molecule has 0 aromatic heterocycles. The number of fused-ring (bicyclic) bond motifs is 1. The summed E-state index contributed by atoms with van der Waals surface area (Å²) in [6.07, 6.45) is 3.64. The number of carbonyl (C=O) groups is 2. The Morgan fingerprint density at radius 2 is 2.00 bits per heavy atom. The number of piperazine rings is 1. The van der Waals surface area contributed by atoms with Gasteiger partial charge >= 0.3 is 5.97 Å². The van der Waals surface area contributed by atoms with Gasteiger partial charge in [0.2, 0.25) is 5.91 Å². The number of amides is 1. The molecule has 1 amide bonds. The SMILES string of the molecule is O=C(O)COCC(=O)N1CCN2CCCCC2C1. The Balaban J connectivity index is 1.75. The monoisotopic (exact) mass is 256 g/mol. The van der Waals surface area contributed by atoms with Gasteiger partial charge in [-0.15, -0.1) is 0 Å². The van der Waals surface area contributed by atoms with Crippen LogP contribution in [0.4, 0.5) is 0 Å². The average molecular weight is 256 g/mol. The third-order valence-corrected chi connectivity index (χ3v) is 3.64. The molecule has 0 radical (unpaired) electrons. The zero-order valence-electron chi connectivity index (χ0n) is 10.5. The summed E-state index contributed by atoms with van der Waals surface area (Å²) < 4.78 is 4.84. The summed E-state index contributed by atoms with van der Waals surface area (Å²) >= 11 is 0. The lowest BCUT2D eigenvalue weighted by Crippen LogP contribution is -2.56. The van der Waals surface area contributed by atoms with Crippen molar-refractivity contribution >= 4 is 11.9 Å². The smallest absolute Gasteiger partial charge is 0.329 e. The first-order valence-corrected chi connectivity index (χ1v) is 6.48. The highest BCUT2D eigenvalue weighted by atomic mass is 16.5. The van der Waals surface area contributed by atoms with E-state index in [0.717, 1.165) is 32.6 Å². The van der Waals surface area contributed by atoms with Crippen LogP contribution in [0.2, 0.25) is 0 Å². The third kappa shape index (κ3) is 3.43. The Bertz CT molecular complexity index is 321. The highest BCUT2D eigenvalue weighted by Gasteiger charge is 2.30. The maximum Gasteiger partial charge on any atom is 0.329 e. The Morgan fingerprint density at radius 1 is 1.17 bits per heavy atom. The summed E-state index contributed by atoms with van der Waals surface area (Å²) in [4.78, 5) is 26.4. The van der Waals surface area contributed by atoms with Crippen LogP contribution in [0.1, 0.15) is 19.3 Å². The van der Waals surface area contributed by atoms with Crippen LogP contribution >= 0.6 is 0 Å². The molecule has 0 aromatic rings. The predicted octanol–water partition coefficient (Wildman–Crippen LogP) is -0.216. The second-order valence-electron chi connectivity index (χ2n) is 4.91. The summed E-state index contributed by atoms with van der Waals surface area (Å²) in [6, 6.07) is 0.482. The van der Waals surface area contributed by atoms with Crippen LogP contribution < -0.4 is 0 Å². The number of carbonyl (C=O) groups excluding carboxylic acids is 1. The highest BCUT2D eigenvalue weighted by molar-refractivity contribution is 5.78. The minimum atomic E-state index is -1.04. The molecule has 6 nitrogen and oxygen atoms in total. The number of hydrogen-bond donors (Lipinski definition) is 1. The molecular formula is C12H20N2O4. The fourth-order valence-electron chi connectivity index (χ4n) is 2.70. The van der Waals surface area contributed by atoms with Crippen LogP contribution in [0.15, 0.2) is 0 Å². The fourth-order valence-corrected chi connectivity index (χ4v) is 2.70. The van der Waals surface area contributed by atoms with Crippen LogP contribution in [0.5, 0.6) is 0 Å². The molecule has 1 atom stereocenters. The van der Waals surface area contributed by atoms with E-state index < -0.39 is 12.6 Å². The van der Waals surface area contributed by atoms with Gasteiger partial charge in [0, 0.05) is 25.7 Å². The van der Waals surface area contributed by atoms with Gasteiger partial charge in [-0.05, 0) is 19.4 Å². The molecule has 18 heavy (non-hydrogen) atoms. The standard InChI is InChI=1S/C12H20N2O4/c15-11(8-18-9-12(16)17)14-6-5-13-4-2-1-3-10(13)7-14/h10H,1-9H2,(H,16,17). The lowest BCUT2D eigenvalue weighted by atomic mass is 9.99. The van der Waals surface area contributed by atoms with Crippen molar-refractivity contribution < 1.29 is 19.4 Å².